The number of nitrogens with zero attached hydrogens (tertiary/aromatic N) is 1. The summed E-state index contributed by atoms with van der Waals surface area (Å²) in [6.07, 6.45) is 3.65. The minimum absolute atomic E-state index is 0.155. The molecule has 4 rings (SSSR count). The largest absolute Gasteiger partial charge is 0.493 e. The molecule has 0 aliphatic heterocycles. The summed E-state index contributed by atoms with van der Waals surface area (Å²) in [5.74, 6) is 0.525. The topological polar surface area (TPSA) is 93.9 Å². The van der Waals surface area contributed by atoms with Gasteiger partial charge >= 0.3 is 0 Å². The number of rotatable bonds is 8. The Kier molecular flexibility index (Phi) is 9.15. The average Bonchev–Trinajstić information content (AvgIpc) is 2.93. The molecule has 2 atom stereocenters. The van der Waals surface area contributed by atoms with Crippen LogP contribution in [-0.4, -0.2) is 43.0 Å². The maximum atomic E-state index is 13.9. The molecule has 3 aromatic rings. The zero-order valence-corrected chi connectivity index (χ0v) is 22.9. The van der Waals surface area contributed by atoms with Crippen LogP contribution in [0.2, 0.25) is 10.0 Å². The van der Waals surface area contributed by atoms with Gasteiger partial charge in [-0.05, 0) is 73.0 Å². The smallest absolute Gasteiger partial charge is 0.255 e. The summed E-state index contributed by atoms with van der Waals surface area (Å²) in [4.78, 5) is 28.5. The van der Waals surface area contributed by atoms with Crippen LogP contribution in [0.25, 0.3) is 0 Å². The number of anilines is 1. The Hall–Kier alpha value is -3.26. The molecule has 7 nitrogen and oxygen atoms in total. The van der Waals surface area contributed by atoms with E-state index in [9.17, 15) is 9.59 Å². The second-order valence-corrected chi connectivity index (χ2v) is 10.1. The summed E-state index contributed by atoms with van der Waals surface area (Å²) >= 11 is 12.6. The second kappa shape index (κ2) is 12.5. The Balaban J connectivity index is 1.64. The fraction of sp³-hybridized carbons (Fsp3) is 0.310. The highest BCUT2D eigenvalue weighted by atomic mass is 35.5. The van der Waals surface area contributed by atoms with Crippen LogP contribution in [0, 0.1) is 0 Å². The molecule has 1 fully saturated rings. The highest BCUT2D eigenvalue weighted by Gasteiger charge is 2.32. The molecule has 0 heterocycles. The normalized spacial score (nSPS) is 17.0. The van der Waals surface area contributed by atoms with Gasteiger partial charge in [-0.2, -0.15) is 0 Å². The third-order valence-electron chi connectivity index (χ3n) is 6.80. The zero-order valence-electron chi connectivity index (χ0n) is 21.4. The summed E-state index contributed by atoms with van der Waals surface area (Å²) in [5.41, 5.74) is 8.67. The minimum atomic E-state index is -0.298. The van der Waals surface area contributed by atoms with Crippen molar-refractivity contribution in [1.82, 2.24) is 4.90 Å². The van der Waals surface area contributed by atoms with Gasteiger partial charge in [0.25, 0.3) is 11.8 Å². The number of nitrogens with one attached hydrogen (secondary N) is 1. The van der Waals surface area contributed by atoms with Gasteiger partial charge in [-0.25, -0.2) is 0 Å². The third kappa shape index (κ3) is 6.41. The van der Waals surface area contributed by atoms with E-state index < -0.39 is 0 Å². The van der Waals surface area contributed by atoms with Crippen LogP contribution in [0.5, 0.6) is 11.5 Å². The first-order valence-corrected chi connectivity index (χ1v) is 13.2. The van der Waals surface area contributed by atoms with Crippen molar-refractivity contribution in [2.24, 2.45) is 5.73 Å². The van der Waals surface area contributed by atoms with Gasteiger partial charge in [-0.15, -0.1) is 0 Å². The molecule has 9 heteroatoms. The molecule has 1 aliphatic carbocycles. The summed E-state index contributed by atoms with van der Waals surface area (Å²) in [7, 11) is 3.08. The minimum Gasteiger partial charge on any atom is -0.493 e. The van der Waals surface area contributed by atoms with E-state index in [0.29, 0.717) is 43.9 Å². The lowest BCUT2D eigenvalue weighted by molar-refractivity contribution is 0.0583. The van der Waals surface area contributed by atoms with E-state index in [2.05, 4.69) is 5.32 Å². The number of carbonyl (C=O) groups excluding carboxylic acids is 2. The zero-order chi connectivity index (χ0) is 27.2. The molecule has 0 spiro atoms. The molecular weight excluding hydrogens is 525 g/mol. The fourth-order valence-electron chi connectivity index (χ4n) is 4.79. The van der Waals surface area contributed by atoms with Crippen molar-refractivity contribution in [2.45, 2.75) is 44.3 Å². The van der Waals surface area contributed by atoms with Crippen molar-refractivity contribution in [3.63, 3.8) is 0 Å². The van der Waals surface area contributed by atoms with Crippen LogP contribution in [0.4, 0.5) is 5.69 Å². The molecule has 3 aromatic carbocycles. The van der Waals surface area contributed by atoms with Crippen molar-refractivity contribution in [2.75, 3.05) is 19.5 Å². The first-order valence-electron chi connectivity index (χ1n) is 12.4. The standard InChI is InChI=1S/C29H31Cl2N3O4/c1-37-26-13-10-19(16-27(26)38-2)29(36)34(25-9-4-3-8-24(25)32)17-20-15-22(11-12-23(20)31)33-28(35)18-6-5-7-21(30)14-18/h5-7,10-16,24-25H,3-4,8-9,17,32H2,1-2H3,(H,33,35). The van der Waals surface area contributed by atoms with Gasteiger partial charge in [0.1, 0.15) is 0 Å². The van der Waals surface area contributed by atoms with Gasteiger partial charge in [-0.3, -0.25) is 9.59 Å². The Bertz CT molecular complexity index is 1320. The summed E-state index contributed by atoms with van der Waals surface area (Å²) in [5, 5.41) is 3.85. The quantitative estimate of drug-likeness (QED) is 0.346. The van der Waals surface area contributed by atoms with E-state index in [0.717, 1.165) is 25.7 Å². The van der Waals surface area contributed by atoms with E-state index in [1.54, 1.807) is 72.7 Å². The summed E-state index contributed by atoms with van der Waals surface area (Å²) < 4.78 is 10.7. The molecule has 2 unspecified atom stereocenters. The number of benzene rings is 3. The molecule has 3 N–H and O–H groups in total. The van der Waals surface area contributed by atoms with Crippen LogP contribution in [0.3, 0.4) is 0 Å². The van der Waals surface area contributed by atoms with Gasteiger partial charge in [0.2, 0.25) is 0 Å². The second-order valence-electron chi connectivity index (χ2n) is 9.29. The third-order valence-corrected chi connectivity index (χ3v) is 7.41. The molecule has 0 bridgehead atoms. The predicted octanol–water partition coefficient (Wildman–Crippen LogP) is 6.18. The lowest BCUT2D eigenvalue weighted by atomic mass is 9.89. The van der Waals surface area contributed by atoms with Crippen molar-refractivity contribution in [3.05, 3.63) is 87.4 Å². The van der Waals surface area contributed by atoms with E-state index in [1.807, 2.05) is 0 Å². The molecule has 1 saturated carbocycles. The SMILES string of the molecule is COc1ccc(C(=O)N(Cc2cc(NC(=O)c3cccc(Cl)c3)ccc2Cl)C2CCCCC2N)cc1OC. The summed E-state index contributed by atoms with van der Waals surface area (Å²) in [6, 6.07) is 16.7. The molecule has 0 radical (unpaired) electrons. The number of amides is 2. The van der Waals surface area contributed by atoms with Gasteiger partial charge in [0.05, 0.1) is 14.2 Å². The monoisotopic (exact) mass is 555 g/mol. The highest BCUT2D eigenvalue weighted by molar-refractivity contribution is 6.31. The number of carbonyl (C=O) groups is 2. The van der Waals surface area contributed by atoms with Gasteiger partial charge < -0.3 is 25.4 Å². The Labute approximate surface area is 232 Å². The maximum absolute atomic E-state index is 13.9. The number of halogens is 2. The van der Waals surface area contributed by atoms with Crippen LogP contribution in [0.15, 0.2) is 60.7 Å². The van der Waals surface area contributed by atoms with Crippen LogP contribution < -0.4 is 20.5 Å². The van der Waals surface area contributed by atoms with Crippen LogP contribution in [0.1, 0.15) is 52.0 Å². The molecule has 200 valence electrons. The van der Waals surface area contributed by atoms with Crippen molar-refractivity contribution < 1.29 is 19.1 Å². The van der Waals surface area contributed by atoms with Gasteiger partial charge in [0.15, 0.2) is 11.5 Å². The lowest BCUT2D eigenvalue weighted by Crippen LogP contribution is -2.51. The number of nitrogens with two attached hydrogens (primary N) is 1. The predicted molar refractivity (Wildman–Crippen MR) is 151 cm³/mol. The Morgan fingerprint density at radius 2 is 1.71 bits per heavy atom. The molecule has 1 aliphatic rings. The van der Waals surface area contributed by atoms with Crippen molar-refractivity contribution >= 4 is 40.7 Å². The van der Waals surface area contributed by atoms with Gasteiger partial charge in [-0.1, -0.05) is 42.1 Å². The maximum Gasteiger partial charge on any atom is 0.255 e. The molecule has 0 saturated heterocycles. The highest BCUT2D eigenvalue weighted by Crippen LogP contribution is 2.32. The first kappa shape index (κ1) is 27.8. The summed E-state index contributed by atoms with van der Waals surface area (Å²) in [6.45, 7) is 0.227. The van der Waals surface area contributed by atoms with Crippen LogP contribution in [-0.2, 0) is 6.54 Å². The average molecular weight is 556 g/mol. The van der Waals surface area contributed by atoms with E-state index in [-0.39, 0.29) is 30.4 Å². The van der Waals surface area contributed by atoms with E-state index in [4.69, 9.17) is 38.4 Å². The lowest BCUT2D eigenvalue weighted by Gasteiger charge is -2.39. The van der Waals surface area contributed by atoms with Crippen LogP contribution >= 0.6 is 23.2 Å². The number of hydrogen-bond acceptors (Lipinski definition) is 5. The Morgan fingerprint density at radius 3 is 2.42 bits per heavy atom. The van der Waals surface area contributed by atoms with E-state index in [1.165, 1.54) is 7.11 Å². The van der Waals surface area contributed by atoms with Crippen molar-refractivity contribution in [3.8, 4) is 11.5 Å². The molecule has 0 aromatic heterocycles. The number of hydrogen-bond donors (Lipinski definition) is 2. The van der Waals surface area contributed by atoms with Gasteiger partial charge in [0, 0.05) is 45.5 Å². The molecule has 2 amide bonds. The molecule has 38 heavy (non-hydrogen) atoms. The molecular formula is C29H31Cl2N3O4. The Morgan fingerprint density at radius 1 is 0.947 bits per heavy atom. The van der Waals surface area contributed by atoms with Crippen molar-refractivity contribution in [1.29, 1.82) is 0 Å². The number of methoxy groups -OCH3 is 2. The van der Waals surface area contributed by atoms with E-state index >= 15 is 0 Å². The number of ether oxygens (including phenoxy) is 2. The fourth-order valence-corrected chi connectivity index (χ4v) is 5.16. The first-order chi connectivity index (χ1) is 18.3.